The van der Waals surface area contributed by atoms with E-state index in [0.29, 0.717) is 0 Å². The maximum Gasteiger partial charge on any atom is 0.0433 e. The third-order valence-corrected chi connectivity index (χ3v) is 0.528. The lowest BCUT2D eigenvalue weighted by Crippen LogP contribution is -1.61. The Morgan fingerprint density at radius 2 is 1.30 bits per heavy atom. The van der Waals surface area contributed by atoms with Crippen LogP contribution < -0.4 is 0 Å². The van der Waals surface area contributed by atoms with Crippen molar-refractivity contribution in [2.24, 2.45) is 10.3 Å². The van der Waals surface area contributed by atoms with Crippen molar-refractivity contribution >= 4 is 12.4 Å². The van der Waals surface area contributed by atoms with Crippen molar-refractivity contribution in [1.82, 2.24) is 0 Å². The highest BCUT2D eigenvalue weighted by molar-refractivity contribution is 5.55. The van der Waals surface area contributed by atoms with E-state index in [1.54, 1.807) is 0 Å². The van der Waals surface area contributed by atoms with Crippen LogP contribution in [0.1, 0.15) is 26.7 Å². The summed E-state index contributed by atoms with van der Waals surface area (Å²) in [5, 5.41) is 20.7. The molecule has 0 saturated heterocycles. The minimum Gasteiger partial charge on any atom is -0.411 e. The molecule has 0 aliphatic carbocycles. The highest BCUT2D eigenvalue weighted by Gasteiger charge is 1.55. The van der Waals surface area contributed by atoms with Gasteiger partial charge in [-0.15, -0.1) is 10.3 Å². The third-order valence-electron chi connectivity index (χ3n) is 0.528. The van der Waals surface area contributed by atoms with Crippen LogP contribution in [0.4, 0.5) is 0 Å². The predicted molar refractivity (Wildman–Crippen MR) is 41.1 cm³/mol. The lowest BCUT2D eigenvalue weighted by atomic mass is 10.6. The van der Waals surface area contributed by atoms with Gasteiger partial charge in [-0.3, -0.25) is 0 Å². The van der Waals surface area contributed by atoms with E-state index < -0.39 is 0 Å². The summed E-state index contributed by atoms with van der Waals surface area (Å²) >= 11 is 0. The number of rotatable bonds is 2. The van der Waals surface area contributed by atoms with Crippen molar-refractivity contribution in [2.75, 3.05) is 0 Å². The first kappa shape index (κ1) is 11.7. The summed E-state index contributed by atoms with van der Waals surface area (Å²) in [5.74, 6) is 0. The second-order valence-corrected chi connectivity index (χ2v) is 1.41. The molecule has 0 unspecified atom stereocenters. The zero-order valence-electron chi connectivity index (χ0n) is 6.36. The van der Waals surface area contributed by atoms with Gasteiger partial charge in [-0.05, 0) is 12.8 Å². The lowest BCUT2D eigenvalue weighted by molar-refractivity contribution is 0.320. The summed E-state index contributed by atoms with van der Waals surface area (Å²) in [4.78, 5) is 0. The Kier molecular flexibility index (Phi) is 18.3. The first-order chi connectivity index (χ1) is 4.83. The lowest BCUT2D eigenvalue weighted by Gasteiger charge is -1.64. The summed E-state index contributed by atoms with van der Waals surface area (Å²) in [5.41, 5.74) is 0. The Labute approximate surface area is 60.9 Å². The minimum absolute atomic E-state index is 0.802. The Hall–Kier alpha value is -1.06. The molecule has 0 bridgehead atoms. The summed E-state index contributed by atoms with van der Waals surface area (Å²) < 4.78 is 0. The molecule has 0 spiro atoms. The molecule has 0 aromatic heterocycles. The van der Waals surface area contributed by atoms with Crippen LogP contribution in [0.25, 0.3) is 0 Å². The molecule has 0 saturated carbocycles. The monoisotopic (exact) mass is 146 g/mol. The summed E-state index contributed by atoms with van der Waals surface area (Å²) in [6, 6.07) is 0. The van der Waals surface area contributed by atoms with Crippen molar-refractivity contribution in [3.63, 3.8) is 0 Å². The van der Waals surface area contributed by atoms with Gasteiger partial charge in [-0.1, -0.05) is 13.8 Å². The minimum atomic E-state index is 0.802. The van der Waals surface area contributed by atoms with Crippen LogP contribution in [0, 0.1) is 0 Å². The van der Waals surface area contributed by atoms with Gasteiger partial charge >= 0.3 is 0 Å². The van der Waals surface area contributed by atoms with E-state index in [2.05, 4.69) is 10.3 Å². The van der Waals surface area contributed by atoms with Crippen LogP contribution in [-0.4, -0.2) is 22.8 Å². The fourth-order valence-corrected chi connectivity index (χ4v) is 0.163. The van der Waals surface area contributed by atoms with E-state index >= 15 is 0 Å². The molecule has 2 N–H and O–H groups in total. The van der Waals surface area contributed by atoms with Crippen molar-refractivity contribution < 1.29 is 10.4 Å². The Morgan fingerprint density at radius 1 is 1.00 bits per heavy atom. The zero-order chi connectivity index (χ0) is 8.24. The van der Waals surface area contributed by atoms with E-state index in [0.717, 1.165) is 12.8 Å². The van der Waals surface area contributed by atoms with Crippen LogP contribution in [-0.2, 0) is 0 Å². The van der Waals surface area contributed by atoms with Crippen molar-refractivity contribution in [3.8, 4) is 0 Å². The van der Waals surface area contributed by atoms with E-state index in [1.807, 2.05) is 13.8 Å². The molecule has 0 radical (unpaired) electrons. The maximum absolute atomic E-state index is 7.64. The van der Waals surface area contributed by atoms with Gasteiger partial charge in [0.2, 0.25) is 0 Å². The smallest absolute Gasteiger partial charge is 0.0433 e. The third kappa shape index (κ3) is 28.3. The molecule has 10 heavy (non-hydrogen) atoms. The molecule has 0 aliphatic heterocycles. The number of oxime groups is 2. The van der Waals surface area contributed by atoms with Crippen LogP contribution in [0.2, 0.25) is 0 Å². The average Bonchev–Trinajstić information content (AvgIpc) is 1.93. The van der Waals surface area contributed by atoms with Gasteiger partial charge in [0.15, 0.2) is 0 Å². The van der Waals surface area contributed by atoms with Gasteiger partial charge in [0.05, 0.1) is 0 Å². The summed E-state index contributed by atoms with van der Waals surface area (Å²) in [7, 11) is 0. The molecule has 0 aliphatic rings. The molecule has 0 rings (SSSR count). The zero-order valence-corrected chi connectivity index (χ0v) is 6.36. The first-order valence-electron chi connectivity index (χ1n) is 3.15. The van der Waals surface area contributed by atoms with Crippen molar-refractivity contribution in [2.45, 2.75) is 26.7 Å². The van der Waals surface area contributed by atoms with Crippen LogP contribution in [0.15, 0.2) is 10.3 Å². The molecular weight excluding hydrogens is 132 g/mol. The van der Waals surface area contributed by atoms with Gasteiger partial charge < -0.3 is 10.4 Å². The van der Waals surface area contributed by atoms with Gasteiger partial charge in [0.1, 0.15) is 0 Å². The normalized spacial score (nSPS) is 9.80. The average molecular weight is 146 g/mol. The van der Waals surface area contributed by atoms with E-state index in [1.165, 1.54) is 12.4 Å². The highest BCUT2D eigenvalue weighted by Crippen LogP contribution is 1.60. The molecule has 0 amide bonds. The maximum atomic E-state index is 7.64. The van der Waals surface area contributed by atoms with Crippen molar-refractivity contribution in [1.29, 1.82) is 0 Å². The molecule has 4 nitrogen and oxygen atoms in total. The van der Waals surface area contributed by atoms with E-state index in [9.17, 15) is 0 Å². The molecule has 0 aromatic rings. The fraction of sp³-hybridized carbons (Fsp3) is 0.667. The van der Waals surface area contributed by atoms with E-state index in [-0.39, 0.29) is 0 Å². The quantitative estimate of drug-likeness (QED) is 0.354. The second kappa shape index (κ2) is 15.7. The van der Waals surface area contributed by atoms with E-state index in [4.69, 9.17) is 10.4 Å². The largest absolute Gasteiger partial charge is 0.411 e. The molecule has 60 valence electrons. The highest BCUT2D eigenvalue weighted by atomic mass is 16.4. The summed E-state index contributed by atoms with van der Waals surface area (Å²) in [6.07, 6.45) is 4.47. The second-order valence-electron chi connectivity index (χ2n) is 1.41. The number of hydrogen-bond donors (Lipinski definition) is 2. The standard InChI is InChI=1S/2C3H7NO/c2*1-2-3-4-5/h2*3,5H,2H2,1H3. The Bertz CT molecular complexity index is 79.7. The molecule has 0 heterocycles. The first-order valence-corrected chi connectivity index (χ1v) is 3.15. The Balaban J connectivity index is 0. The SMILES string of the molecule is CCC=NO.CCC=NO. The van der Waals surface area contributed by atoms with Gasteiger partial charge in [-0.25, -0.2) is 0 Å². The topological polar surface area (TPSA) is 65.2 Å². The number of nitrogens with zero attached hydrogens (tertiary/aromatic N) is 2. The summed E-state index contributed by atoms with van der Waals surface area (Å²) in [6.45, 7) is 3.80. The molecule has 0 atom stereocenters. The van der Waals surface area contributed by atoms with Gasteiger partial charge in [0, 0.05) is 12.4 Å². The molecular formula is C6H14N2O2. The van der Waals surface area contributed by atoms with Crippen LogP contribution >= 0.6 is 0 Å². The molecule has 0 fully saturated rings. The van der Waals surface area contributed by atoms with Gasteiger partial charge in [0.25, 0.3) is 0 Å². The van der Waals surface area contributed by atoms with Crippen LogP contribution in [0.5, 0.6) is 0 Å². The van der Waals surface area contributed by atoms with Crippen molar-refractivity contribution in [3.05, 3.63) is 0 Å². The molecule has 0 aromatic carbocycles. The fourth-order valence-electron chi connectivity index (χ4n) is 0.163. The predicted octanol–water partition coefficient (Wildman–Crippen LogP) is 1.71. The van der Waals surface area contributed by atoms with Crippen LogP contribution in [0.3, 0.4) is 0 Å². The molecule has 4 heteroatoms. The Morgan fingerprint density at radius 3 is 1.30 bits per heavy atom. The van der Waals surface area contributed by atoms with Gasteiger partial charge in [-0.2, -0.15) is 0 Å². The number of hydrogen-bond acceptors (Lipinski definition) is 4.